The zero-order valence-electron chi connectivity index (χ0n) is 19.6. The summed E-state index contributed by atoms with van der Waals surface area (Å²) in [4.78, 5) is 50.5. The fourth-order valence-electron chi connectivity index (χ4n) is 6.72. The number of fused-ring (bicyclic) bond motifs is 1. The first-order valence-corrected chi connectivity index (χ1v) is 11.6. The van der Waals surface area contributed by atoms with E-state index >= 15 is 0 Å². The summed E-state index contributed by atoms with van der Waals surface area (Å²) in [7, 11) is 0. The van der Waals surface area contributed by atoms with Crippen LogP contribution >= 0.6 is 11.6 Å². The van der Waals surface area contributed by atoms with Gasteiger partial charge in [-0.05, 0) is 19.4 Å². The molecule has 0 aromatic carbocycles. The molecule has 1 heterocycles. The summed E-state index contributed by atoms with van der Waals surface area (Å²) in [5, 5.41) is 22.4. The molecule has 9 nitrogen and oxygen atoms in total. The number of carbonyl (C=O) groups is 4. The van der Waals surface area contributed by atoms with Gasteiger partial charge in [-0.1, -0.05) is 25.7 Å². The standard InChI is InChI=1S/C24H29ClO9/c1-9-15(25)19-24(31,10(2)21(29)34-19)20(33-12(4)27)17-22(5)13(16(9)32-11(3)26)7-8-14(22)18(28)23(17,6)30/h7-8,10,13-17,19-20,30-31H,1H2,2-6H3/t10?,13-,14+,15?,16?,17?,19?,20+,22+,23+,24?/m1/s1. The minimum absolute atomic E-state index is 0.153. The topological polar surface area (TPSA) is 136 Å². The maximum Gasteiger partial charge on any atom is 0.312 e. The average molecular weight is 497 g/mol. The largest absolute Gasteiger partial charge is 0.459 e. The molecule has 3 fully saturated rings. The Bertz CT molecular complexity index is 1020. The predicted octanol–water partition coefficient (Wildman–Crippen LogP) is 1.08. The second kappa shape index (κ2) is 7.63. The van der Waals surface area contributed by atoms with Gasteiger partial charge in [0.05, 0.1) is 11.3 Å². The van der Waals surface area contributed by atoms with Crippen molar-refractivity contribution in [2.24, 2.45) is 29.1 Å². The summed E-state index contributed by atoms with van der Waals surface area (Å²) < 4.78 is 16.8. The first kappa shape index (κ1) is 24.9. The Hall–Kier alpha value is -2.23. The number of aliphatic hydroxyl groups is 2. The lowest BCUT2D eigenvalue weighted by molar-refractivity contribution is -0.212. The van der Waals surface area contributed by atoms with Crippen molar-refractivity contribution in [3.05, 3.63) is 24.3 Å². The number of hydrogen-bond donors (Lipinski definition) is 2. The van der Waals surface area contributed by atoms with Gasteiger partial charge in [0.25, 0.3) is 0 Å². The van der Waals surface area contributed by atoms with Gasteiger partial charge in [-0.25, -0.2) is 0 Å². The zero-order valence-corrected chi connectivity index (χ0v) is 20.4. The van der Waals surface area contributed by atoms with Gasteiger partial charge in [-0.3, -0.25) is 19.2 Å². The monoisotopic (exact) mass is 496 g/mol. The Morgan fingerprint density at radius 1 is 1.12 bits per heavy atom. The van der Waals surface area contributed by atoms with E-state index in [0.717, 1.165) is 6.92 Å². The van der Waals surface area contributed by atoms with E-state index in [2.05, 4.69) is 6.58 Å². The normalized spacial score (nSPS) is 49.5. The van der Waals surface area contributed by atoms with E-state index in [4.69, 9.17) is 25.8 Å². The van der Waals surface area contributed by atoms with Gasteiger partial charge in [0.15, 0.2) is 17.5 Å². The molecule has 4 aliphatic rings. The van der Waals surface area contributed by atoms with E-state index in [1.54, 1.807) is 19.1 Å². The summed E-state index contributed by atoms with van der Waals surface area (Å²) in [6.45, 7) is 10.8. The van der Waals surface area contributed by atoms with Gasteiger partial charge in [-0.15, -0.1) is 11.6 Å². The first-order chi connectivity index (χ1) is 15.6. The Balaban J connectivity index is 2.05. The molecule has 0 aromatic heterocycles. The van der Waals surface area contributed by atoms with Crippen molar-refractivity contribution < 1.29 is 43.6 Å². The number of alkyl halides is 1. The highest BCUT2D eigenvalue weighted by Crippen LogP contribution is 2.65. The van der Waals surface area contributed by atoms with Crippen LogP contribution in [-0.2, 0) is 33.4 Å². The maximum atomic E-state index is 13.4. The molecule has 2 saturated carbocycles. The highest BCUT2D eigenvalue weighted by molar-refractivity contribution is 6.23. The van der Waals surface area contributed by atoms with E-state index in [9.17, 15) is 29.4 Å². The molecule has 6 unspecified atom stereocenters. The Kier molecular flexibility index (Phi) is 5.59. The molecule has 4 rings (SSSR count). The predicted molar refractivity (Wildman–Crippen MR) is 117 cm³/mol. The van der Waals surface area contributed by atoms with Crippen LogP contribution in [0.2, 0.25) is 0 Å². The fourth-order valence-corrected chi connectivity index (χ4v) is 7.10. The van der Waals surface area contributed by atoms with Crippen LogP contribution in [0.15, 0.2) is 24.3 Å². The molecule has 11 atom stereocenters. The van der Waals surface area contributed by atoms with E-state index in [0.29, 0.717) is 0 Å². The number of hydrogen-bond acceptors (Lipinski definition) is 9. The smallest absolute Gasteiger partial charge is 0.312 e. The number of rotatable bonds is 2. The van der Waals surface area contributed by atoms with Crippen LogP contribution < -0.4 is 0 Å². The van der Waals surface area contributed by atoms with Crippen LogP contribution in [0.1, 0.15) is 34.6 Å². The van der Waals surface area contributed by atoms with Gasteiger partial charge < -0.3 is 24.4 Å². The Labute approximate surface area is 202 Å². The van der Waals surface area contributed by atoms with E-state index in [-0.39, 0.29) is 5.57 Å². The van der Waals surface area contributed by atoms with Crippen molar-refractivity contribution in [2.75, 3.05) is 0 Å². The maximum absolute atomic E-state index is 13.4. The molecule has 3 aliphatic carbocycles. The third-order valence-electron chi connectivity index (χ3n) is 8.36. The minimum atomic E-state index is -2.22. The van der Waals surface area contributed by atoms with Gasteiger partial charge >= 0.3 is 17.9 Å². The molecule has 1 saturated heterocycles. The third kappa shape index (κ3) is 2.99. The van der Waals surface area contributed by atoms with Crippen molar-refractivity contribution in [3.63, 3.8) is 0 Å². The number of carbonyl (C=O) groups excluding carboxylic acids is 4. The summed E-state index contributed by atoms with van der Waals surface area (Å²) in [5.41, 5.74) is -5.33. The first-order valence-electron chi connectivity index (χ1n) is 11.2. The molecule has 1 aliphatic heterocycles. The summed E-state index contributed by atoms with van der Waals surface area (Å²) in [6.07, 6.45) is -0.743. The van der Waals surface area contributed by atoms with Gasteiger partial charge in [0.2, 0.25) is 0 Å². The molecule has 10 heteroatoms. The number of ketones is 1. The quantitative estimate of drug-likeness (QED) is 0.249. The zero-order chi connectivity index (χ0) is 25.5. The van der Waals surface area contributed by atoms with Crippen molar-refractivity contribution in [1.82, 2.24) is 0 Å². The van der Waals surface area contributed by atoms with Crippen molar-refractivity contribution in [2.45, 2.75) is 69.5 Å². The lowest BCUT2D eigenvalue weighted by Gasteiger charge is -2.48. The van der Waals surface area contributed by atoms with Crippen molar-refractivity contribution in [3.8, 4) is 0 Å². The summed E-state index contributed by atoms with van der Waals surface area (Å²) in [6, 6.07) is 0. The van der Waals surface area contributed by atoms with Gasteiger partial charge in [0, 0.05) is 37.0 Å². The number of allylic oxidation sites excluding steroid dienone is 1. The molecule has 34 heavy (non-hydrogen) atoms. The van der Waals surface area contributed by atoms with E-state index < -0.39 is 87.7 Å². The lowest BCUT2D eigenvalue weighted by Crippen LogP contribution is -2.64. The third-order valence-corrected chi connectivity index (χ3v) is 8.87. The molecule has 0 radical (unpaired) electrons. The minimum Gasteiger partial charge on any atom is -0.459 e. The van der Waals surface area contributed by atoms with E-state index in [1.165, 1.54) is 20.8 Å². The Morgan fingerprint density at radius 3 is 2.26 bits per heavy atom. The van der Waals surface area contributed by atoms with Crippen LogP contribution in [-0.4, -0.2) is 68.8 Å². The molecule has 0 amide bonds. The number of ether oxygens (including phenoxy) is 3. The van der Waals surface area contributed by atoms with Crippen LogP contribution in [0, 0.1) is 29.1 Å². The number of halogens is 1. The molecule has 186 valence electrons. The summed E-state index contributed by atoms with van der Waals surface area (Å²) in [5.74, 6) is -6.73. The molecule has 2 N–H and O–H groups in total. The van der Waals surface area contributed by atoms with Crippen LogP contribution in [0.5, 0.6) is 0 Å². The second-order valence-corrected chi connectivity index (χ2v) is 10.7. The van der Waals surface area contributed by atoms with Gasteiger partial charge in [0.1, 0.15) is 17.8 Å². The van der Waals surface area contributed by atoms with Crippen LogP contribution in [0.25, 0.3) is 0 Å². The summed E-state index contributed by atoms with van der Waals surface area (Å²) >= 11 is 6.73. The fraction of sp³-hybridized carbons (Fsp3) is 0.667. The average Bonchev–Trinajstić information content (AvgIpc) is 3.23. The number of esters is 3. The van der Waals surface area contributed by atoms with Crippen molar-refractivity contribution in [1.29, 1.82) is 0 Å². The number of Topliss-reactive ketones (excluding diaryl/α,β-unsaturated/α-hetero) is 1. The highest BCUT2D eigenvalue weighted by atomic mass is 35.5. The highest BCUT2D eigenvalue weighted by Gasteiger charge is 2.76. The molecule has 0 aromatic rings. The SMILES string of the molecule is C=C1C(Cl)C2OC(=O)C(C)C2(O)[C@@H](OC(C)=O)C2[C@@]3(C)[C@H](C=C[C@H]3C(=O)[C@@]2(C)O)C1OC(C)=O. The molecule has 0 spiro atoms. The Morgan fingerprint density at radius 2 is 1.71 bits per heavy atom. The van der Waals surface area contributed by atoms with Crippen LogP contribution in [0.4, 0.5) is 0 Å². The molecular formula is C24H29ClO9. The van der Waals surface area contributed by atoms with Crippen molar-refractivity contribution >= 4 is 35.3 Å². The molecular weight excluding hydrogens is 468 g/mol. The van der Waals surface area contributed by atoms with Gasteiger partial charge in [-0.2, -0.15) is 0 Å². The van der Waals surface area contributed by atoms with E-state index in [1.807, 2.05) is 0 Å². The second-order valence-electron chi connectivity index (χ2n) is 10.2. The van der Waals surface area contributed by atoms with Crippen LogP contribution in [0.3, 0.4) is 0 Å². The molecule has 0 bridgehead atoms. The lowest BCUT2D eigenvalue weighted by atomic mass is 9.60.